The van der Waals surface area contributed by atoms with Crippen molar-refractivity contribution in [3.8, 4) is 0 Å². The third-order valence-electron chi connectivity index (χ3n) is 4.64. The normalized spacial score (nSPS) is 16.9. The second-order valence-corrected chi connectivity index (χ2v) is 7.63. The summed E-state index contributed by atoms with van der Waals surface area (Å²) in [7, 11) is 0. The van der Waals surface area contributed by atoms with E-state index in [4.69, 9.17) is 4.74 Å². The van der Waals surface area contributed by atoms with E-state index < -0.39 is 0 Å². The number of nitrogens with zero attached hydrogens (tertiary/aromatic N) is 1. The molecule has 0 spiro atoms. The summed E-state index contributed by atoms with van der Waals surface area (Å²) in [6.07, 6.45) is 2.58. The third-order valence-corrected chi connectivity index (χ3v) is 5.65. The molecule has 0 unspecified atom stereocenters. The van der Waals surface area contributed by atoms with Crippen molar-refractivity contribution >= 4 is 17.2 Å². The van der Waals surface area contributed by atoms with E-state index in [0.717, 1.165) is 26.0 Å². The van der Waals surface area contributed by atoms with Crippen molar-refractivity contribution in [1.29, 1.82) is 0 Å². The van der Waals surface area contributed by atoms with Crippen molar-refractivity contribution in [3.05, 3.63) is 57.8 Å². The van der Waals surface area contributed by atoms with Crippen LogP contribution in [0.25, 0.3) is 0 Å². The maximum atomic E-state index is 12.8. The van der Waals surface area contributed by atoms with E-state index >= 15 is 0 Å². The predicted molar refractivity (Wildman–Crippen MR) is 100 cm³/mol. The Morgan fingerprint density at radius 2 is 2.12 bits per heavy atom. The fourth-order valence-corrected chi connectivity index (χ4v) is 4.05. The highest BCUT2D eigenvalue weighted by atomic mass is 32.1. The number of aryl methyl sites for hydroxylation is 1. The Morgan fingerprint density at radius 3 is 2.80 bits per heavy atom. The van der Waals surface area contributed by atoms with E-state index in [1.807, 2.05) is 23.1 Å². The van der Waals surface area contributed by atoms with Crippen molar-refractivity contribution in [2.45, 2.75) is 39.0 Å². The van der Waals surface area contributed by atoms with E-state index in [0.29, 0.717) is 25.7 Å². The molecule has 2 heterocycles. The lowest BCUT2D eigenvalue weighted by atomic mass is 10.2. The van der Waals surface area contributed by atoms with Gasteiger partial charge in [-0.3, -0.25) is 4.79 Å². The van der Waals surface area contributed by atoms with Gasteiger partial charge in [-0.25, -0.2) is 0 Å². The van der Waals surface area contributed by atoms with E-state index in [1.54, 1.807) is 11.3 Å². The van der Waals surface area contributed by atoms with Crippen LogP contribution in [0.5, 0.6) is 0 Å². The second-order valence-electron chi connectivity index (χ2n) is 6.63. The first-order valence-electron chi connectivity index (χ1n) is 9.00. The van der Waals surface area contributed by atoms with Gasteiger partial charge < -0.3 is 15.0 Å². The Hall–Kier alpha value is -1.69. The third kappa shape index (κ3) is 5.39. The standard InChI is InChI=1S/C20H26N2O2S/c1-16-9-11-25-19(16)15-22(14-17-6-3-2-4-7-17)20(23)13-21-12-18-8-5-10-24-18/h2-4,6-7,9,11,18,21H,5,8,10,12-15H2,1H3/p+1/t18-/m1/s1. The van der Waals surface area contributed by atoms with Gasteiger partial charge in [0.1, 0.15) is 12.6 Å². The van der Waals surface area contributed by atoms with Gasteiger partial charge in [0.25, 0.3) is 5.91 Å². The molecule has 3 rings (SSSR count). The quantitative estimate of drug-likeness (QED) is 0.786. The van der Waals surface area contributed by atoms with Crippen LogP contribution >= 0.6 is 11.3 Å². The molecule has 5 heteroatoms. The first-order valence-corrected chi connectivity index (χ1v) is 9.88. The zero-order chi connectivity index (χ0) is 17.5. The topological polar surface area (TPSA) is 46.2 Å². The molecule has 0 bridgehead atoms. The average molecular weight is 360 g/mol. The summed E-state index contributed by atoms with van der Waals surface area (Å²) in [5.74, 6) is 0.189. The smallest absolute Gasteiger partial charge is 0.278 e. The van der Waals surface area contributed by atoms with Crippen LogP contribution in [0.2, 0.25) is 0 Å². The summed E-state index contributed by atoms with van der Waals surface area (Å²) in [5, 5.41) is 4.19. The van der Waals surface area contributed by atoms with Gasteiger partial charge in [0.2, 0.25) is 0 Å². The molecule has 25 heavy (non-hydrogen) atoms. The number of hydrogen-bond acceptors (Lipinski definition) is 3. The lowest BCUT2D eigenvalue weighted by Crippen LogP contribution is -2.88. The van der Waals surface area contributed by atoms with E-state index in [1.165, 1.54) is 16.0 Å². The van der Waals surface area contributed by atoms with Gasteiger partial charge in [0, 0.05) is 18.0 Å². The minimum atomic E-state index is 0.189. The molecule has 1 fully saturated rings. The van der Waals surface area contributed by atoms with Crippen LogP contribution in [0.3, 0.4) is 0 Å². The van der Waals surface area contributed by atoms with E-state index in [9.17, 15) is 4.79 Å². The summed E-state index contributed by atoms with van der Waals surface area (Å²) >= 11 is 1.73. The fourth-order valence-electron chi connectivity index (χ4n) is 3.13. The van der Waals surface area contributed by atoms with Gasteiger partial charge in [-0.2, -0.15) is 0 Å². The van der Waals surface area contributed by atoms with Gasteiger partial charge in [-0.1, -0.05) is 30.3 Å². The summed E-state index contributed by atoms with van der Waals surface area (Å²) in [4.78, 5) is 16.1. The zero-order valence-electron chi connectivity index (χ0n) is 14.8. The van der Waals surface area contributed by atoms with Gasteiger partial charge in [0.05, 0.1) is 6.54 Å². The number of nitrogens with two attached hydrogens (primary N) is 1. The molecule has 2 aromatic rings. The van der Waals surface area contributed by atoms with Gasteiger partial charge >= 0.3 is 0 Å². The highest BCUT2D eigenvalue weighted by Gasteiger charge is 2.20. The van der Waals surface area contributed by atoms with Crippen LogP contribution in [0.4, 0.5) is 0 Å². The number of quaternary nitrogens is 1. The maximum absolute atomic E-state index is 12.8. The van der Waals surface area contributed by atoms with Gasteiger partial charge in [-0.05, 0) is 42.3 Å². The zero-order valence-corrected chi connectivity index (χ0v) is 15.6. The van der Waals surface area contributed by atoms with Crippen molar-refractivity contribution in [1.82, 2.24) is 4.90 Å². The number of benzene rings is 1. The Labute approximate surface area is 153 Å². The van der Waals surface area contributed by atoms with Crippen LogP contribution in [0, 0.1) is 6.92 Å². The summed E-state index contributed by atoms with van der Waals surface area (Å²) in [6, 6.07) is 12.3. The highest BCUT2D eigenvalue weighted by molar-refractivity contribution is 7.10. The summed E-state index contributed by atoms with van der Waals surface area (Å²) < 4.78 is 5.64. The number of rotatable bonds is 8. The van der Waals surface area contributed by atoms with Crippen LogP contribution in [0.15, 0.2) is 41.8 Å². The highest BCUT2D eigenvalue weighted by Crippen LogP contribution is 2.19. The fraction of sp³-hybridized carbons (Fsp3) is 0.450. The van der Waals surface area contributed by atoms with E-state index in [2.05, 4.69) is 35.8 Å². The Bertz CT molecular complexity index is 665. The molecule has 134 valence electrons. The van der Waals surface area contributed by atoms with E-state index in [-0.39, 0.29) is 5.91 Å². The Kier molecular flexibility index (Phi) is 6.62. The molecule has 1 aliphatic heterocycles. The largest absolute Gasteiger partial charge is 0.372 e. The molecule has 0 saturated carbocycles. The van der Waals surface area contributed by atoms with Crippen molar-refractivity contribution in [2.75, 3.05) is 19.7 Å². The number of thiophene rings is 1. The summed E-state index contributed by atoms with van der Waals surface area (Å²) in [6.45, 7) is 5.68. The molecule has 1 saturated heterocycles. The number of ether oxygens (including phenoxy) is 1. The van der Waals surface area contributed by atoms with Crippen molar-refractivity contribution in [2.24, 2.45) is 0 Å². The molecule has 1 aromatic carbocycles. The summed E-state index contributed by atoms with van der Waals surface area (Å²) in [5.41, 5.74) is 2.43. The molecule has 2 N–H and O–H groups in total. The van der Waals surface area contributed by atoms with Gasteiger partial charge in [0.15, 0.2) is 6.54 Å². The minimum absolute atomic E-state index is 0.189. The lowest BCUT2D eigenvalue weighted by Gasteiger charge is -2.22. The predicted octanol–water partition coefficient (Wildman–Crippen LogP) is 2.33. The minimum Gasteiger partial charge on any atom is -0.372 e. The number of amides is 1. The Balaban J connectivity index is 1.60. The second kappa shape index (κ2) is 9.13. The van der Waals surface area contributed by atoms with Gasteiger partial charge in [-0.15, -0.1) is 11.3 Å². The first kappa shape index (κ1) is 18.1. The molecule has 4 nitrogen and oxygen atoms in total. The van der Waals surface area contributed by atoms with Crippen LogP contribution in [-0.2, 0) is 22.6 Å². The molecule has 1 atom stereocenters. The number of carbonyl (C=O) groups is 1. The molecular weight excluding hydrogens is 332 g/mol. The maximum Gasteiger partial charge on any atom is 0.278 e. The first-order chi connectivity index (χ1) is 12.2. The number of carbonyl (C=O) groups excluding carboxylic acids is 1. The SMILES string of the molecule is Cc1ccsc1CN(Cc1ccccc1)C(=O)C[NH2+]C[C@H]1CCCO1. The average Bonchev–Trinajstić information content (AvgIpc) is 3.27. The van der Waals surface area contributed by atoms with Crippen LogP contribution < -0.4 is 5.32 Å². The Morgan fingerprint density at radius 1 is 1.28 bits per heavy atom. The molecular formula is C20H27N2O2S+. The number of hydrogen-bond donors (Lipinski definition) is 1. The van der Waals surface area contributed by atoms with Crippen LogP contribution in [0.1, 0.15) is 28.8 Å². The lowest BCUT2D eigenvalue weighted by molar-refractivity contribution is -0.650. The van der Waals surface area contributed by atoms with Crippen molar-refractivity contribution in [3.63, 3.8) is 0 Å². The van der Waals surface area contributed by atoms with Crippen LogP contribution in [-0.4, -0.2) is 36.6 Å². The van der Waals surface area contributed by atoms with Crippen molar-refractivity contribution < 1.29 is 14.8 Å². The molecule has 0 aliphatic carbocycles. The molecule has 1 aliphatic rings. The monoisotopic (exact) mass is 359 g/mol. The molecule has 1 amide bonds. The molecule has 0 radical (unpaired) electrons. The molecule has 1 aromatic heterocycles.